The molecule has 1 N–H and O–H groups in total. The van der Waals surface area contributed by atoms with E-state index in [2.05, 4.69) is 5.32 Å². The number of carbonyl (C=O) groups excluding carboxylic acids is 2. The second-order valence-corrected chi connectivity index (χ2v) is 6.23. The van der Waals surface area contributed by atoms with E-state index in [0.29, 0.717) is 6.42 Å². The molecule has 3 rings (SSSR count). The molecule has 1 aromatic rings. The van der Waals surface area contributed by atoms with Gasteiger partial charge in [0.05, 0.1) is 18.1 Å². The van der Waals surface area contributed by atoms with Gasteiger partial charge in [0.25, 0.3) is 0 Å². The fraction of sp³-hybridized carbons (Fsp3) is 0.529. The molecule has 112 valence electrons. The van der Waals surface area contributed by atoms with Crippen molar-refractivity contribution in [3.05, 3.63) is 35.4 Å². The van der Waals surface area contributed by atoms with Crippen LogP contribution >= 0.6 is 0 Å². The lowest BCUT2D eigenvalue weighted by Crippen LogP contribution is -2.48. The first-order valence-electron chi connectivity index (χ1n) is 7.60. The SMILES string of the molecule is Cc1cccc(C2C(=O)NC(=O)CC2C2CCC(C)O2)c1. The van der Waals surface area contributed by atoms with Crippen molar-refractivity contribution < 1.29 is 14.3 Å². The molecule has 0 aromatic heterocycles. The van der Waals surface area contributed by atoms with Gasteiger partial charge < -0.3 is 4.74 Å². The van der Waals surface area contributed by atoms with E-state index in [0.717, 1.165) is 24.0 Å². The zero-order chi connectivity index (χ0) is 15.0. The van der Waals surface area contributed by atoms with E-state index >= 15 is 0 Å². The molecule has 2 fully saturated rings. The van der Waals surface area contributed by atoms with Gasteiger partial charge in [-0.1, -0.05) is 29.8 Å². The summed E-state index contributed by atoms with van der Waals surface area (Å²) in [6.45, 7) is 4.06. The second kappa shape index (κ2) is 5.60. The molecule has 2 amide bonds. The Hall–Kier alpha value is -1.68. The molecule has 2 heterocycles. The van der Waals surface area contributed by atoms with Crippen LogP contribution in [0, 0.1) is 12.8 Å². The topological polar surface area (TPSA) is 55.4 Å². The summed E-state index contributed by atoms with van der Waals surface area (Å²) in [7, 11) is 0. The Kier molecular flexibility index (Phi) is 3.81. The van der Waals surface area contributed by atoms with Crippen LogP contribution in [-0.4, -0.2) is 24.0 Å². The maximum atomic E-state index is 12.4. The van der Waals surface area contributed by atoms with E-state index in [1.807, 2.05) is 38.1 Å². The summed E-state index contributed by atoms with van der Waals surface area (Å²) < 4.78 is 5.95. The van der Waals surface area contributed by atoms with Crippen LogP contribution in [0.25, 0.3) is 0 Å². The van der Waals surface area contributed by atoms with Gasteiger partial charge in [0, 0.05) is 12.3 Å². The van der Waals surface area contributed by atoms with Gasteiger partial charge in [-0.2, -0.15) is 0 Å². The molecular formula is C17H21NO3. The van der Waals surface area contributed by atoms with E-state index in [-0.39, 0.29) is 35.9 Å². The van der Waals surface area contributed by atoms with Crippen molar-refractivity contribution in [2.45, 2.75) is 51.2 Å². The van der Waals surface area contributed by atoms with E-state index in [9.17, 15) is 9.59 Å². The minimum atomic E-state index is -0.294. The van der Waals surface area contributed by atoms with Crippen molar-refractivity contribution in [1.29, 1.82) is 0 Å². The zero-order valence-corrected chi connectivity index (χ0v) is 12.5. The van der Waals surface area contributed by atoms with Gasteiger partial charge in [-0.25, -0.2) is 0 Å². The highest BCUT2D eigenvalue weighted by Crippen LogP contribution is 2.39. The first kappa shape index (κ1) is 14.3. The second-order valence-electron chi connectivity index (χ2n) is 6.23. The minimum absolute atomic E-state index is 0.000474. The van der Waals surface area contributed by atoms with Gasteiger partial charge in [-0.05, 0) is 32.3 Å². The lowest BCUT2D eigenvalue weighted by atomic mass is 9.76. The number of imide groups is 1. The molecule has 4 unspecified atom stereocenters. The lowest BCUT2D eigenvalue weighted by molar-refractivity contribution is -0.139. The predicted molar refractivity (Wildman–Crippen MR) is 78.7 cm³/mol. The van der Waals surface area contributed by atoms with Gasteiger partial charge >= 0.3 is 0 Å². The van der Waals surface area contributed by atoms with Crippen molar-refractivity contribution in [2.24, 2.45) is 5.92 Å². The first-order valence-corrected chi connectivity index (χ1v) is 7.60. The van der Waals surface area contributed by atoms with Crippen molar-refractivity contribution in [3.63, 3.8) is 0 Å². The fourth-order valence-corrected chi connectivity index (χ4v) is 3.55. The van der Waals surface area contributed by atoms with E-state index < -0.39 is 0 Å². The summed E-state index contributed by atoms with van der Waals surface area (Å²) in [5.74, 6) is -0.724. The molecule has 1 aromatic carbocycles. The molecule has 21 heavy (non-hydrogen) atoms. The van der Waals surface area contributed by atoms with Crippen LogP contribution in [0.3, 0.4) is 0 Å². The van der Waals surface area contributed by atoms with Crippen molar-refractivity contribution in [1.82, 2.24) is 5.32 Å². The van der Waals surface area contributed by atoms with Gasteiger partial charge in [0.15, 0.2) is 0 Å². The Bertz CT molecular complexity index is 569. The number of benzene rings is 1. The number of amides is 2. The zero-order valence-electron chi connectivity index (χ0n) is 12.5. The van der Waals surface area contributed by atoms with E-state index in [1.165, 1.54) is 0 Å². The van der Waals surface area contributed by atoms with Crippen LogP contribution in [-0.2, 0) is 14.3 Å². The molecule has 0 spiro atoms. The number of carbonyl (C=O) groups is 2. The maximum absolute atomic E-state index is 12.4. The largest absolute Gasteiger partial charge is 0.375 e. The molecule has 0 aliphatic carbocycles. The number of ether oxygens (including phenoxy) is 1. The average molecular weight is 287 g/mol. The summed E-state index contributed by atoms with van der Waals surface area (Å²) in [6.07, 6.45) is 2.50. The van der Waals surface area contributed by atoms with Crippen LogP contribution in [0.2, 0.25) is 0 Å². The number of nitrogens with one attached hydrogen (secondary N) is 1. The highest BCUT2D eigenvalue weighted by molar-refractivity contribution is 6.01. The summed E-state index contributed by atoms with van der Waals surface area (Å²) in [6, 6.07) is 7.98. The number of hydrogen-bond acceptors (Lipinski definition) is 3. The molecule has 2 aliphatic heterocycles. The minimum Gasteiger partial charge on any atom is -0.375 e. The molecule has 2 saturated heterocycles. The van der Waals surface area contributed by atoms with Crippen LogP contribution in [0.1, 0.15) is 43.2 Å². The first-order chi connectivity index (χ1) is 10.0. The Morgan fingerprint density at radius 1 is 1.24 bits per heavy atom. The third-order valence-electron chi connectivity index (χ3n) is 4.54. The molecular weight excluding hydrogens is 266 g/mol. The smallest absolute Gasteiger partial charge is 0.234 e. The highest BCUT2D eigenvalue weighted by atomic mass is 16.5. The number of rotatable bonds is 2. The Morgan fingerprint density at radius 3 is 2.71 bits per heavy atom. The lowest BCUT2D eigenvalue weighted by Gasteiger charge is -2.34. The van der Waals surface area contributed by atoms with Crippen LogP contribution < -0.4 is 5.32 Å². The van der Waals surface area contributed by atoms with Crippen LogP contribution in [0.4, 0.5) is 0 Å². The van der Waals surface area contributed by atoms with Crippen molar-refractivity contribution >= 4 is 11.8 Å². The average Bonchev–Trinajstić information content (AvgIpc) is 2.84. The Balaban J connectivity index is 1.93. The standard InChI is InChI=1S/C17H21NO3/c1-10-4-3-5-12(8-10)16-13(9-15(19)18-17(16)20)14-7-6-11(2)21-14/h3-5,8,11,13-14,16H,6-7,9H2,1-2H3,(H,18,19,20). The molecule has 4 nitrogen and oxygen atoms in total. The third kappa shape index (κ3) is 2.86. The van der Waals surface area contributed by atoms with Gasteiger partial charge in [-0.15, -0.1) is 0 Å². The maximum Gasteiger partial charge on any atom is 0.234 e. The van der Waals surface area contributed by atoms with Gasteiger partial charge in [-0.3, -0.25) is 14.9 Å². The summed E-state index contributed by atoms with van der Waals surface area (Å²) >= 11 is 0. The number of aryl methyl sites for hydroxylation is 1. The molecule has 4 heteroatoms. The van der Waals surface area contributed by atoms with Gasteiger partial charge in [0.1, 0.15) is 0 Å². The fourth-order valence-electron chi connectivity index (χ4n) is 3.55. The van der Waals surface area contributed by atoms with Crippen molar-refractivity contribution in [2.75, 3.05) is 0 Å². The summed E-state index contributed by atoms with van der Waals surface area (Å²) in [5, 5.41) is 2.48. The van der Waals surface area contributed by atoms with Crippen molar-refractivity contribution in [3.8, 4) is 0 Å². The highest BCUT2D eigenvalue weighted by Gasteiger charge is 2.43. The Morgan fingerprint density at radius 2 is 2.05 bits per heavy atom. The van der Waals surface area contributed by atoms with Gasteiger partial charge in [0.2, 0.25) is 11.8 Å². The molecule has 0 radical (unpaired) electrons. The quantitative estimate of drug-likeness (QED) is 0.849. The third-order valence-corrected chi connectivity index (χ3v) is 4.54. The monoisotopic (exact) mass is 287 g/mol. The van der Waals surface area contributed by atoms with Crippen LogP contribution in [0.15, 0.2) is 24.3 Å². The predicted octanol–water partition coefficient (Wildman–Crippen LogP) is 2.31. The molecule has 2 aliphatic rings. The van der Waals surface area contributed by atoms with Crippen LogP contribution in [0.5, 0.6) is 0 Å². The molecule has 0 saturated carbocycles. The molecule has 4 atom stereocenters. The normalized spacial score (nSPS) is 33.0. The van der Waals surface area contributed by atoms with E-state index in [4.69, 9.17) is 4.74 Å². The number of hydrogen-bond donors (Lipinski definition) is 1. The Labute approximate surface area is 124 Å². The van der Waals surface area contributed by atoms with E-state index in [1.54, 1.807) is 0 Å². The summed E-state index contributed by atoms with van der Waals surface area (Å²) in [4.78, 5) is 24.2. The summed E-state index contributed by atoms with van der Waals surface area (Å²) in [5.41, 5.74) is 2.10. The number of piperidine rings is 1. The molecule has 0 bridgehead atoms.